The van der Waals surface area contributed by atoms with E-state index in [9.17, 15) is 57.5 Å². The highest BCUT2D eigenvalue weighted by molar-refractivity contribution is 5.75. The molecule has 0 amide bonds. The zero-order valence-corrected chi connectivity index (χ0v) is 9.51. The molecule has 14 heteroatoms. The number of esters is 1. The van der Waals surface area contributed by atoms with Crippen LogP contribution in [0.25, 0.3) is 0 Å². The second-order valence-corrected chi connectivity index (χ2v) is 3.48. The largest absolute Gasteiger partial charge is 0.433 e. The Morgan fingerprint density at radius 2 is 1.05 bits per heavy atom. The van der Waals surface area contributed by atoms with Gasteiger partial charge < -0.3 is 4.74 Å². The third-order valence-corrected chi connectivity index (χ3v) is 1.79. The molecule has 0 fully saturated rings. The number of carbonyl (C=O) groups excluding carboxylic acids is 1. The summed E-state index contributed by atoms with van der Waals surface area (Å²) in [5.41, 5.74) is -3.59. The van der Waals surface area contributed by atoms with Crippen LogP contribution in [0, 0.1) is 5.92 Å². The fourth-order valence-corrected chi connectivity index (χ4v) is 0.932. The summed E-state index contributed by atoms with van der Waals surface area (Å²) in [6, 6.07) is 0. The summed E-state index contributed by atoms with van der Waals surface area (Å²) in [4.78, 5) is 10.6. The highest BCUT2D eigenvalue weighted by Crippen LogP contribution is 2.41. The molecule has 0 atom stereocenters. The van der Waals surface area contributed by atoms with Crippen molar-refractivity contribution < 1.29 is 62.2 Å². The lowest BCUT2D eigenvalue weighted by molar-refractivity contribution is -0.280. The summed E-state index contributed by atoms with van der Waals surface area (Å²) in [6.07, 6.45) is -26.6. The van der Waals surface area contributed by atoms with Crippen molar-refractivity contribution in [3.8, 4) is 0 Å². The molecule has 0 radical (unpaired) electrons. The zero-order valence-electron chi connectivity index (χ0n) is 9.51. The Morgan fingerprint density at radius 1 is 0.727 bits per heavy atom. The molecule has 0 unspecified atom stereocenters. The van der Waals surface area contributed by atoms with Crippen molar-refractivity contribution in [1.82, 2.24) is 0 Å². The molecule has 130 valence electrons. The Bertz CT molecular complexity index is 404. The van der Waals surface area contributed by atoms with E-state index in [1.54, 1.807) is 0 Å². The number of alkyl halides is 12. The molecule has 0 rings (SSSR count). The van der Waals surface area contributed by atoms with Crippen LogP contribution in [-0.2, 0) is 9.53 Å². The van der Waals surface area contributed by atoms with Gasteiger partial charge in [0.1, 0.15) is 6.26 Å². The van der Waals surface area contributed by atoms with Crippen LogP contribution in [0.15, 0.2) is 11.8 Å². The van der Waals surface area contributed by atoms with E-state index in [1.807, 2.05) is 0 Å². The first-order valence-corrected chi connectivity index (χ1v) is 4.57. The van der Waals surface area contributed by atoms with E-state index in [1.165, 1.54) is 0 Å². The molecule has 0 aromatic rings. The van der Waals surface area contributed by atoms with Gasteiger partial charge in [-0.1, -0.05) is 0 Å². The summed E-state index contributed by atoms with van der Waals surface area (Å²) in [5.74, 6) is -8.27. The van der Waals surface area contributed by atoms with Gasteiger partial charge in [0.05, 0.1) is 0 Å². The van der Waals surface area contributed by atoms with Crippen molar-refractivity contribution in [2.24, 2.45) is 5.92 Å². The van der Waals surface area contributed by atoms with Crippen molar-refractivity contribution in [2.45, 2.75) is 24.7 Å². The SMILES string of the molecule is O=C(OC=C(C(F)(F)F)C(F)(F)F)C(C(F)(F)F)C(F)(F)F. The van der Waals surface area contributed by atoms with E-state index in [0.717, 1.165) is 0 Å². The minimum Gasteiger partial charge on any atom is -0.433 e. The summed E-state index contributed by atoms with van der Waals surface area (Å²) in [7, 11) is 0. The molecule has 22 heavy (non-hydrogen) atoms. The first-order chi connectivity index (χ1) is 9.38. The van der Waals surface area contributed by atoms with Crippen LogP contribution in [0.4, 0.5) is 52.7 Å². The topological polar surface area (TPSA) is 26.3 Å². The standard InChI is InChI=1S/C8H2F12O2/c9-5(10,11)2(6(12,13)14)1-22-4(21)3(7(15,16)17)8(18,19)20/h1,3H. The molecule has 0 aliphatic rings. The van der Waals surface area contributed by atoms with Gasteiger partial charge in [-0.25, -0.2) is 0 Å². The normalized spacial score (nSPS) is 14.0. The van der Waals surface area contributed by atoms with Crippen molar-refractivity contribution in [3.63, 3.8) is 0 Å². The Kier molecular flexibility index (Phi) is 5.44. The maximum Gasteiger partial charge on any atom is 0.424 e. The van der Waals surface area contributed by atoms with Crippen molar-refractivity contribution in [2.75, 3.05) is 0 Å². The van der Waals surface area contributed by atoms with Crippen LogP contribution in [0.5, 0.6) is 0 Å². The van der Waals surface area contributed by atoms with E-state index in [4.69, 9.17) is 0 Å². The molecular weight excluding hydrogens is 356 g/mol. The molecule has 0 saturated carbocycles. The Labute approximate surface area is 112 Å². The predicted molar refractivity (Wildman–Crippen MR) is 41.9 cm³/mol. The number of allylic oxidation sites excluding steroid dienone is 1. The van der Waals surface area contributed by atoms with Gasteiger partial charge >= 0.3 is 30.7 Å². The first kappa shape index (κ1) is 20.4. The Hall–Kier alpha value is -1.63. The van der Waals surface area contributed by atoms with Crippen LogP contribution in [0.2, 0.25) is 0 Å². The first-order valence-electron chi connectivity index (χ1n) is 4.57. The van der Waals surface area contributed by atoms with Gasteiger partial charge in [0.25, 0.3) is 0 Å². The number of hydrogen-bond donors (Lipinski definition) is 0. The summed E-state index contributed by atoms with van der Waals surface area (Å²) < 4.78 is 146. The van der Waals surface area contributed by atoms with Gasteiger partial charge in [-0.2, -0.15) is 52.7 Å². The number of rotatable bonds is 2. The van der Waals surface area contributed by atoms with Gasteiger partial charge in [0.15, 0.2) is 5.57 Å². The Morgan fingerprint density at radius 3 is 1.27 bits per heavy atom. The van der Waals surface area contributed by atoms with Crippen LogP contribution >= 0.6 is 0 Å². The highest BCUT2D eigenvalue weighted by atomic mass is 19.4. The second-order valence-electron chi connectivity index (χ2n) is 3.48. The minimum atomic E-state index is -6.32. The molecule has 0 N–H and O–H groups in total. The lowest BCUT2D eigenvalue weighted by Gasteiger charge is -2.21. The van der Waals surface area contributed by atoms with Gasteiger partial charge in [0.2, 0.25) is 5.92 Å². The molecule has 0 saturated heterocycles. The lowest BCUT2D eigenvalue weighted by atomic mass is 10.1. The molecule has 2 nitrogen and oxygen atoms in total. The van der Waals surface area contributed by atoms with Gasteiger partial charge in [-0.3, -0.25) is 4.79 Å². The molecule has 0 heterocycles. The summed E-state index contributed by atoms with van der Waals surface area (Å²) >= 11 is 0. The van der Waals surface area contributed by atoms with E-state index < -0.39 is 48.4 Å². The summed E-state index contributed by atoms with van der Waals surface area (Å²) in [5, 5.41) is 0. The van der Waals surface area contributed by atoms with Crippen molar-refractivity contribution in [1.29, 1.82) is 0 Å². The fraction of sp³-hybridized carbons (Fsp3) is 0.625. The maximum atomic E-state index is 12.0. The van der Waals surface area contributed by atoms with Crippen molar-refractivity contribution in [3.05, 3.63) is 11.8 Å². The zero-order chi connectivity index (χ0) is 18.1. The number of hydrogen-bond acceptors (Lipinski definition) is 2. The van der Waals surface area contributed by atoms with Crippen LogP contribution in [0.3, 0.4) is 0 Å². The third kappa shape index (κ3) is 5.63. The number of halogens is 12. The van der Waals surface area contributed by atoms with E-state index >= 15 is 0 Å². The van der Waals surface area contributed by atoms with Crippen LogP contribution in [-0.4, -0.2) is 30.7 Å². The number of carbonyl (C=O) groups is 1. The van der Waals surface area contributed by atoms with Gasteiger partial charge in [0, 0.05) is 0 Å². The molecule has 0 aromatic heterocycles. The predicted octanol–water partition coefficient (Wildman–Crippen LogP) is 4.28. The second kappa shape index (κ2) is 5.87. The minimum absolute atomic E-state index is 1.55. The average Bonchev–Trinajstić information content (AvgIpc) is 2.06. The van der Waals surface area contributed by atoms with E-state index in [2.05, 4.69) is 4.74 Å². The van der Waals surface area contributed by atoms with E-state index in [0.29, 0.717) is 0 Å². The summed E-state index contributed by atoms with van der Waals surface area (Å²) in [6.45, 7) is 0. The maximum absolute atomic E-state index is 12.0. The molecule has 0 bridgehead atoms. The molecular formula is C8H2F12O2. The molecule has 0 spiro atoms. The smallest absolute Gasteiger partial charge is 0.424 e. The van der Waals surface area contributed by atoms with Crippen LogP contribution in [0.1, 0.15) is 0 Å². The number of ether oxygens (including phenoxy) is 1. The highest BCUT2D eigenvalue weighted by Gasteiger charge is 2.62. The van der Waals surface area contributed by atoms with Crippen molar-refractivity contribution >= 4 is 5.97 Å². The molecule has 0 aromatic carbocycles. The fourth-order valence-electron chi connectivity index (χ4n) is 0.932. The van der Waals surface area contributed by atoms with Gasteiger partial charge in [-0.15, -0.1) is 0 Å². The molecule has 0 aliphatic carbocycles. The monoisotopic (exact) mass is 358 g/mol. The molecule has 0 aliphatic heterocycles. The quantitative estimate of drug-likeness (QED) is 0.419. The van der Waals surface area contributed by atoms with Crippen LogP contribution < -0.4 is 0 Å². The average molecular weight is 358 g/mol. The lowest BCUT2D eigenvalue weighted by Crippen LogP contribution is -2.43. The van der Waals surface area contributed by atoms with Gasteiger partial charge in [-0.05, 0) is 0 Å². The van der Waals surface area contributed by atoms with E-state index in [-0.39, 0.29) is 0 Å². The Balaban J connectivity index is 5.54. The third-order valence-electron chi connectivity index (χ3n) is 1.79.